The van der Waals surface area contributed by atoms with Crippen molar-refractivity contribution in [1.29, 1.82) is 0 Å². The number of hydrogen-bond donors (Lipinski definition) is 1. The molecule has 0 saturated carbocycles. The highest BCUT2D eigenvalue weighted by atomic mass is 16.4. The molecule has 1 heterocycles. The highest BCUT2D eigenvalue weighted by Gasteiger charge is 2.29. The third kappa shape index (κ3) is 3.64. The Morgan fingerprint density at radius 3 is 2.38 bits per heavy atom. The zero-order valence-corrected chi connectivity index (χ0v) is 14.4. The Hall–Kier alpha value is -2.63. The van der Waals surface area contributed by atoms with Crippen molar-refractivity contribution >= 4 is 11.9 Å². The topological polar surface area (TPSA) is 75.4 Å². The average molecular weight is 329 g/mol. The summed E-state index contributed by atoms with van der Waals surface area (Å²) in [5.41, 5.74) is 2.05. The van der Waals surface area contributed by atoms with E-state index in [0.29, 0.717) is 5.56 Å². The van der Waals surface area contributed by atoms with E-state index < -0.39 is 12.0 Å². The molecule has 0 bridgehead atoms. The third-order valence-corrected chi connectivity index (χ3v) is 4.11. The molecule has 2 aromatic rings. The molecule has 0 aliphatic rings. The van der Waals surface area contributed by atoms with Crippen LogP contribution in [0, 0.1) is 6.92 Å². The smallest absolute Gasteiger partial charge is 0.326 e. The van der Waals surface area contributed by atoms with Crippen molar-refractivity contribution in [1.82, 2.24) is 14.7 Å². The van der Waals surface area contributed by atoms with Crippen molar-refractivity contribution in [2.45, 2.75) is 39.3 Å². The summed E-state index contributed by atoms with van der Waals surface area (Å²) in [5, 5.41) is 13.8. The lowest BCUT2D eigenvalue weighted by Gasteiger charge is -2.25. The van der Waals surface area contributed by atoms with Crippen molar-refractivity contribution in [2.75, 3.05) is 7.05 Å². The summed E-state index contributed by atoms with van der Waals surface area (Å²) in [7, 11) is 1.52. The van der Waals surface area contributed by atoms with Gasteiger partial charge in [-0.3, -0.25) is 9.48 Å². The number of aromatic nitrogens is 2. The predicted molar refractivity (Wildman–Crippen MR) is 91.0 cm³/mol. The van der Waals surface area contributed by atoms with Crippen LogP contribution in [0.2, 0.25) is 0 Å². The Balaban J connectivity index is 2.25. The molecule has 1 N–H and O–H groups in total. The number of hydrogen-bond acceptors (Lipinski definition) is 3. The van der Waals surface area contributed by atoms with Gasteiger partial charge in [-0.15, -0.1) is 0 Å². The number of benzene rings is 1. The van der Waals surface area contributed by atoms with E-state index in [0.717, 1.165) is 11.3 Å². The van der Waals surface area contributed by atoms with Crippen molar-refractivity contribution in [3.63, 3.8) is 0 Å². The van der Waals surface area contributed by atoms with E-state index in [2.05, 4.69) is 5.10 Å². The minimum absolute atomic E-state index is 0.136. The molecule has 0 spiro atoms. The Morgan fingerprint density at radius 2 is 1.88 bits per heavy atom. The molecule has 1 aromatic carbocycles. The van der Waals surface area contributed by atoms with E-state index in [1.807, 2.05) is 51.1 Å². The zero-order chi connectivity index (χ0) is 17.9. The van der Waals surface area contributed by atoms with Crippen LogP contribution >= 0.6 is 0 Å². The molecule has 0 radical (unpaired) electrons. The molecule has 0 aliphatic heterocycles. The molecule has 0 fully saturated rings. The predicted octanol–water partition coefficient (Wildman–Crippen LogP) is 2.54. The first-order valence-corrected chi connectivity index (χ1v) is 7.91. The molecule has 24 heavy (non-hydrogen) atoms. The maximum Gasteiger partial charge on any atom is 0.326 e. The Labute approximate surface area is 141 Å². The van der Waals surface area contributed by atoms with Gasteiger partial charge in [0.15, 0.2) is 0 Å². The molecule has 0 saturated heterocycles. The standard InChI is InChI=1S/C18H23N3O3/c1-12(2)21-13(3)15(11-19-21)17(22)20(4)16(18(23)24)10-14-8-6-5-7-9-14/h5-9,11-12,16H,10H2,1-4H3,(H,23,24). The van der Waals surface area contributed by atoms with Gasteiger partial charge in [0.2, 0.25) is 0 Å². The van der Waals surface area contributed by atoms with E-state index in [9.17, 15) is 14.7 Å². The lowest BCUT2D eigenvalue weighted by Crippen LogP contribution is -2.44. The van der Waals surface area contributed by atoms with E-state index in [4.69, 9.17) is 0 Å². The van der Waals surface area contributed by atoms with Crippen LogP contribution in [0.1, 0.15) is 41.5 Å². The summed E-state index contributed by atoms with van der Waals surface area (Å²) in [4.78, 5) is 25.7. The van der Waals surface area contributed by atoms with Gasteiger partial charge in [-0.2, -0.15) is 5.10 Å². The molecule has 1 aromatic heterocycles. The van der Waals surface area contributed by atoms with E-state index in [1.165, 1.54) is 18.1 Å². The quantitative estimate of drug-likeness (QED) is 0.883. The molecular formula is C18H23N3O3. The summed E-state index contributed by atoms with van der Waals surface area (Å²) < 4.78 is 1.76. The lowest BCUT2D eigenvalue weighted by atomic mass is 10.0. The first-order chi connectivity index (χ1) is 11.3. The van der Waals surface area contributed by atoms with Gasteiger partial charge in [0.05, 0.1) is 11.8 Å². The van der Waals surface area contributed by atoms with Crippen LogP contribution in [0.4, 0.5) is 0 Å². The Kier molecular flexibility index (Phi) is 5.39. The largest absolute Gasteiger partial charge is 0.480 e. The monoisotopic (exact) mass is 329 g/mol. The summed E-state index contributed by atoms with van der Waals surface area (Å²) >= 11 is 0. The van der Waals surface area contributed by atoms with Crippen LogP contribution in [-0.2, 0) is 11.2 Å². The minimum Gasteiger partial charge on any atom is -0.480 e. The van der Waals surface area contributed by atoms with Crippen LogP contribution in [0.25, 0.3) is 0 Å². The summed E-state index contributed by atoms with van der Waals surface area (Å²) in [5.74, 6) is -1.36. The van der Waals surface area contributed by atoms with Gasteiger partial charge in [-0.05, 0) is 26.3 Å². The lowest BCUT2D eigenvalue weighted by molar-refractivity contribution is -0.141. The number of carboxylic acid groups (broad SMARTS) is 1. The number of rotatable bonds is 6. The van der Waals surface area contributed by atoms with Crippen LogP contribution < -0.4 is 0 Å². The number of carbonyl (C=O) groups excluding carboxylic acids is 1. The fourth-order valence-electron chi connectivity index (χ4n) is 2.71. The number of aliphatic carboxylic acids is 1. The number of amides is 1. The maximum absolute atomic E-state index is 12.7. The van der Waals surface area contributed by atoms with Gasteiger partial charge >= 0.3 is 5.97 Å². The molecule has 1 unspecified atom stereocenters. The second-order valence-electron chi connectivity index (χ2n) is 6.14. The van der Waals surface area contributed by atoms with Gasteiger partial charge in [-0.1, -0.05) is 30.3 Å². The number of carbonyl (C=O) groups is 2. The summed E-state index contributed by atoms with van der Waals surface area (Å²) in [6.45, 7) is 5.78. The van der Waals surface area contributed by atoms with E-state index >= 15 is 0 Å². The first-order valence-electron chi connectivity index (χ1n) is 7.91. The van der Waals surface area contributed by atoms with Gasteiger partial charge in [0, 0.05) is 25.2 Å². The van der Waals surface area contributed by atoms with E-state index in [-0.39, 0.29) is 18.4 Å². The van der Waals surface area contributed by atoms with Gasteiger partial charge in [0.1, 0.15) is 6.04 Å². The highest BCUT2D eigenvalue weighted by Crippen LogP contribution is 2.17. The van der Waals surface area contributed by atoms with Crippen molar-refractivity contribution in [2.24, 2.45) is 0 Å². The normalized spacial score (nSPS) is 12.2. The number of nitrogens with zero attached hydrogens (tertiary/aromatic N) is 3. The average Bonchev–Trinajstić information content (AvgIpc) is 2.93. The van der Waals surface area contributed by atoms with Gasteiger partial charge < -0.3 is 10.0 Å². The van der Waals surface area contributed by atoms with Gasteiger partial charge in [0.25, 0.3) is 5.91 Å². The van der Waals surface area contributed by atoms with Crippen molar-refractivity contribution in [3.05, 3.63) is 53.3 Å². The molecule has 1 amide bonds. The molecule has 128 valence electrons. The van der Waals surface area contributed by atoms with E-state index in [1.54, 1.807) is 4.68 Å². The van der Waals surface area contributed by atoms with Crippen LogP contribution in [0.5, 0.6) is 0 Å². The second kappa shape index (κ2) is 7.29. The summed E-state index contributed by atoms with van der Waals surface area (Å²) in [6.07, 6.45) is 1.77. The van der Waals surface area contributed by atoms with Crippen molar-refractivity contribution in [3.8, 4) is 0 Å². The number of carboxylic acids is 1. The molecule has 0 aliphatic carbocycles. The van der Waals surface area contributed by atoms with Crippen LogP contribution in [0.15, 0.2) is 36.5 Å². The highest BCUT2D eigenvalue weighted by molar-refractivity contribution is 5.97. The molecule has 6 nitrogen and oxygen atoms in total. The number of likely N-dealkylation sites (N-methyl/N-ethyl adjacent to an activating group) is 1. The molecule has 2 rings (SSSR count). The molecule has 6 heteroatoms. The molecular weight excluding hydrogens is 306 g/mol. The maximum atomic E-state index is 12.7. The second-order valence-corrected chi connectivity index (χ2v) is 6.14. The van der Waals surface area contributed by atoms with Crippen LogP contribution in [0.3, 0.4) is 0 Å². The Bertz CT molecular complexity index is 722. The Morgan fingerprint density at radius 1 is 1.25 bits per heavy atom. The zero-order valence-electron chi connectivity index (χ0n) is 14.4. The van der Waals surface area contributed by atoms with Crippen LogP contribution in [-0.4, -0.2) is 44.8 Å². The SMILES string of the molecule is Cc1c(C(=O)N(C)C(Cc2ccccc2)C(=O)O)cnn1C(C)C. The third-order valence-electron chi connectivity index (χ3n) is 4.11. The van der Waals surface area contributed by atoms with Crippen molar-refractivity contribution < 1.29 is 14.7 Å². The fraction of sp³-hybridized carbons (Fsp3) is 0.389. The first kappa shape index (κ1) is 17.7. The fourth-order valence-corrected chi connectivity index (χ4v) is 2.71. The van der Waals surface area contributed by atoms with Gasteiger partial charge in [-0.25, -0.2) is 4.79 Å². The molecule has 1 atom stereocenters. The summed E-state index contributed by atoms with van der Waals surface area (Å²) in [6, 6.07) is 8.50. The minimum atomic E-state index is -1.02.